The molecular formula is C15H15N3O3S. The van der Waals surface area contributed by atoms with E-state index in [4.69, 9.17) is 0 Å². The predicted molar refractivity (Wildman–Crippen MR) is 86.5 cm³/mol. The molecule has 0 unspecified atom stereocenters. The summed E-state index contributed by atoms with van der Waals surface area (Å²) in [5, 5.41) is 4.86. The van der Waals surface area contributed by atoms with E-state index in [1.807, 2.05) is 24.4 Å². The molecule has 3 rings (SSSR count). The third-order valence-electron chi connectivity index (χ3n) is 3.54. The molecule has 0 aliphatic carbocycles. The molecule has 3 heterocycles. The highest BCUT2D eigenvalue weighted by molar-refractivity contribution is 7.10. The zero-order valence-electron chi connectivity index (χ0n) is 12.3. The monoisotopic (exact) mass is 317 g/mol. The molecule has 0 amide bonds. The quantitative estimate of drug-likeness (QED) is 0.874. The number of hydrogen-bond acceptors (Lipinski definition) is 5. The van der Waals surface area contributed by atoms with E-state index in [1.54, 1.807) is 6.08 Å². The van der Waals surface area contributed by atoms with Crippen LogP contribution in [0.3, 0.4) is 0 Å². The molecule has 0 fully saturated rings. The number of fused-ring (bicyclic) bond motifs is 1. The van der Waals surface area contributed by atoms with Crippen LogP contribution in [-0.2, 0) is 13.6 Å². The second-order valence-electron chi connectivity index (χ2n) is 5.05. The van der Waals surface area contributed by atoms with Crippen molar-refractivity contribution in [2.75, 3.05) is 5.32 Å². The molecule has 1 aliphatic heterocycles. The number of ketones is 1. The fourth-order valence-electron chi connectivity index (χ4n) is 2.47. The van der Waals surface area contributed by atoms with Gasteiger partial charge in [-0.1, -0.05) is 13.0 Å². The third kappa shape index (κ3) is 2.14. The minimum absolute atomic E-state index is 0.0401. The number of rotatable bonds is 3. The lowest BCUT2D eigenvalue weighted by Gasteiger charge is -2.11. The van der Waals surface area contributed by atoms with Gasteiger partial charge in [0.25, 0.3) is 5.56 Å². The first kappa shape index (κ1) is 14.5. The van der Waals surface area contributed by atoms with Gasteiger partial charge in [-0.2, -0.15) is 0 Å². The molecule has 0 aromatic carbocycles. The zero-order chi connectivity index (χ0) is 15.9. The fourth-order valence-corrected chi connectivity index (χ4v) is 3.13. The fraction of sp³-hybridized carbons (Fsp3) is 0.267. The zero-order valence-corrected chi connectivity index (χ0v) is 13.1. The van der Waals surface area contributed by atoms with Crippen LogP contribution in [0.2, 0.25) is 0 Å². The summed E-state index contributed by atoms with van der Waals surface area (Å²) in [6.07, 6.45) is 2.43. The molecule has 114 valence electrons. The standard InChI is InChI=1S/C15H15N3O3S/c1-3-6-18-13-11(14(20)17(2)15(18)21)12(19)10(16-13)8-9-5-4-7-22-9/h4-5,7-8,16H,3,6H2,1-2H3/b10-8+. The van der Waals surface area contributed by atoms with E-state index in [2.05, 4.69) is 5.32 Å². The van der Waals surface area contributed by atoms with Crippen LogP contribution in [-0.4, -0.2) is 14.9 Å². The first-order chi connectivity index (χ1) is 10.5. The topological polar surface area (TPSA) is 73.1 Å². The molecule has 1 N–H and O–H groups in total. The number of allylic oxidation sites excluding steroid dienone is 1. The van der Waals surface area contributed by atoms with Crippen molar-refractivity contribution in [2.24, 2.45) is 7.05 Å². The van der Waals surface area contributed by atoms with Gasteiger partial charge in [-0.3, -0.25) is 18.7 Å². The first-order valence-electron chi connectivity index (χ1n) is 6.95. The van der Waals surface area contributed by atoms with E-state index in [1.165, 1.54) is 23.0 Å². The molecule has 0 spiro atoms. The van der Waals surface area contributed by atoms with Crippen LogP contribution in [0.15, 0.2) is 32.8 Å². The van der Waals surface area contributed by atoms with Gasteiger partial charge in [0.2, 0.25) is 5.78 Å². The van der Waals surface area contributed by atoms with Crippen molar-refractivity contribution < 1.29 is 4.79 Å². The van der Waals surface area contributed by atoms with E-state index >= 15 is 0 Å². The van der Waals surface area contributed by atoms with Crippen LogP contribution in [0.25, 0.3) is 6.08 Å². The number of nitrogens with zero attached hydrogens (tertiary/aromatic N) is 2. The Morgan fingerprint density at radius 2 is 2.09 bits per heavy atom. The van der Waals surface area contributed by atoms with E-state index < -0.39 is 11.2 Å². The van der Waals surface area contributed by atoms with E-state index in [9.17, 15) is 14.4 Å². The van der Waals surface area contributed by atoms with E-state index in [0.29, 0.717) is 18.1 Å². The Morgan fingerprint density at radius 3 is 2.73 bits per heavy atom. The van der Waals surface area contributed by atoms with Gasteiger partial charge in [-0.25, -0.2) is 4.79 Å². The molecule has 0 saturated heterocycles. The molecule has 0 radical (unpaired) electrons. The summed E-state index contributed by atoms with van der Waals surface area (Å²) in [7, 11) is 1.39. The Kier molecular flexibility index (Phi) is 3.58. The Hall–Kier alpha value is -2.41. The number of nitrogens with one attached hydrogen (secondary N) is 1. The van der Waals surface area contributed by atoms with Crippen molar-refractivity contribution in [3.8, 4) is 0 Å². The van der Waals surface area contributed by atoms with Gasteiger partial charge in [-0.05, 0) is 23.9 Å². The Bertz CT molecular complexity index is 888. The normalized spacial score (nSPS) is 15.2. The molecule has 0 saturated carbocycles. The van der Waals surface area contributed by atoms with Crippen molar-refractivity contribution in [3.05, 3.63) is 54.5 Å². The highest BCUT2D eigenvalue weighted by atomic mass is 32.1. The molecule has 22 heavy (non-hydrogen) atoms. The second kappa shape index (κ2) is 5.42. The summed E-state index contributed by atoms with van der Waals surface area (Å²) in [6, 6.07) is 3.77. The van der Waals surface area contributed by atoms with Crippen molar-refractivity contribution in [3.63, 3.8) is 0 Å². The maximum absolute atomic E-state index is 12.5. The third-order valence-corrected chi connectivity index (χ3v) is 4.36. The van der Waals surface area contributed by atoms with Crippen LogP contribution in [0.5, 0.6) is 0 Å². The van der Waals surface area contributed by atoms with Crippen molar-refractivity contribution in [1.82, 2.24) is 9.13 Å². The Balaban J connectivity index is 2.20. The number of hydrogen-bond donors (Lipinski definition) is 1. The van der Waals surface area contributed by atoms with Crippen LogP contribution in [0, 0.1) is 0 Å². The van der Waals surface area contributed by atoms with Crippen LogP contribution >= 0.6 is 11.3 Å². The van der Waals surface area contributed by atoms with Crippen molar-refractivity contribution >= 4 is 29.0 Å². The number of carbonyl (C=O) groups excluding carboxylic acids is 1. The lowest BCUT2D eigenvalue weighted by molar-refractivity contribution is 0.104. The number of Topliss-reactive ketones (excluding diaryl/α,β-unsaturated/α-hetero) is 1. The van der Waals surface area contributed by atoms with Crippen LogP contribution < -0.4 is 16.6 Å². The molecule has 6 nitrogen and oxygen atoms in total. The smallest absolute Gasteiger partial charge is 0.332 e. The summed E-state index contributed by atoms with van der Waals surface area (Å²) in [5.74, 6) is -0.0587. The summed E-state index contributed by atoms with van der Waals surface area (Å²) < 4.78 is 2.44. The maximum Gasteiger partial charge on any atom is 0.332 e. The number of thiophene rings is 1. The Morgan fingerprint density at radius 1 is 1.32 bits per heavy atom. The molecular weight excluding hydrogens is 302 g/mol. The van der Waals surface area contributed by atoms with Gasteiger partial charge < -0.3 is 5.32 Å². The van der Waals surface area contributed by atoms with Crippen LogP contribution in [0.1, 0.15) is 28.6 Å². The maximum atomic E-state index is 12.5. The summed E-state index contributed by atoms with van der Waals surface area (Å²) in [6.45, 7) is 2.38. The summed E-state index contributed by atoms with van der Waals surface area (Å²) >= 11 is 1.50. The number of anilines is 1. The largest absolute Gasteiger partial charge is 0.337 e. The lowest BCUT2D eigenvalue weighted by atomic mass is 10.2. The summed E-state index contributed by atoms with van der Waals surface area (Å²) in [5.41, 5.74) is -0.605. The average molecular weight is 317 g/mol. The molecule has 0 atom stereocenters. The lowest BCUT2D eigenvalue weighted by Crippen LogP contribution is -2.40. The summed E-state index contributed by atoms with van der Waals surface area (Å²) in [4.78, 5) is 37.9. The molecule has 2 aromatic heterocycles. The van der Waals surface area contributed by atoms with Crippen LogP contribution in [0.4, 0.5) is 5.82 Å². The van der Waals surface area contributed by atoms with E-state index in [-0.39, 0.29) is 11.3 Å². The first-order valence-corrected chi connectivity index (χ1v) is 7.83. The van der Waals surface area contributed by atoms with Gasteiger partial charge in [0, 0.05) is 18.5 Å². The minimum atomic E-state index is -0.556. The highest BCUT2D eigenvalue weighted by Crippen LogP contribution is 2.26. The number of aromatic nitrogens is 2. The average Bonchev–Trinajstić information content (AvgIpc) is 3.11. The second-order valence-corrected chi connectivity index (χ2v) is 6.03. The highest BCUT2D eigenvalue weighted by Gasteiger charge is 2.32. The molecule has 1 aliphatic rings. The van der Waals surface area contributed by atoms with Crippen molar-refractivity contribution in [1.29, 1.82) is 0 Å². The van der Waals surface area contributed by atoms with E-state index in [0.717, 1.165) is 15.9 Å². The number of carbonyl (C=O) groups is 1. The van der Waals surface area contributed by atoms with Crippen molar-refractivity contribution in [2.45, 2.75) is 19.9 Å². The minimum Gasteiger partial charge on any atom is -0.337 e. The van der Waals surface area contributed by atoms with Gasteiger partial charge >= 0.3 is 5.69 Å². The predicted octanol–water partition coefficient (Wildman–Crippen LogP) is 1.67. The van der Waals surface area contributed by atoms with Gasteiger partial charge in [0.1, 0.15) is 11.4 Å². The SMILES string of the molecule is CCCn1c2c(c(=O)n(C)c1=O)C(=O)/C(=C\c1cccs1)N2. The Labute approximate surface area is 130 Å². The molecule has 0 bridgehead atoms. The molecule has 7 heteroatoms. The van der Waals surface area contributed by atoms with Gasteiger partial charge in [0.05, 0.1) is 5.70 Å². The van der Waals surface area contributed by atoms with Gasteiger partial charge in [-0.15, -0.1) is 11.3 Å². The molecule has 2 aromatic rings. The van der Waals surface area contributed by atoms with Gasteiger partial charge in [0.15, 0.2) is 0 Å².